The molecule has 0 spiro atoms. The Balaban J connectivity index is 3.49. The third-order valence-corrected chi connectivity index (χ3v) is 8.24. The van der Waals surface area contributed by atoms with Gasteiger partial charge in [0.05, 0.1) is 6.61 Å². The molecule has 0 unspecified atom stereocenters. The molecule has 0 aliphatic heterocycles. The molecule has 0 radical (unpaired) electrons. The van der Waals surface area contributed by atoms with E-state index in [0.29, 0.717) is 6.61 Å². The van der Waals surface area contributed by atoms with E-state index in [1.165, 1.54) is 160 Å². The highest BCUT2D eigenvalue weighted by Crippen LogP contribution is 2.13. The molecular weight excluding hydrogens is 560 g/mol. The van der Waals surface area contributed by atoms with Crippen LogP contribution >= 0.6 is 0 Å². The van der Waals surface area contributed by atoms with Crippen molar-refractivity contribution in [3.63, 3.8) is 0 Å². The van der Waals surface area contributed by atoms with Gasteiger partial charge in [-0.2, -0.15) is 0 Å². The third-order valence-electron chi connectivity index (χ3n) is 8.24. The molecule has 46 heavy (non-hydrogen) atoms. The molecule has 0 aromatic rings. The summed E-state index contributed by atoms with van der Waals surface area (Å²) in [5.41, 5.74) is 0. The fourth-order valence-electron chi connectivity index (χ4n) is 5.32. The van der Waals surface area contributed by atoms with E-state index in [9.17, 15) is 4.79 Å². The Hall–Kier alpha value is -2.35. The van der Waals surface area contributed by atoms with E-state index in [1.807, 2.05) is 42.5 Å². The summed E-state index contributed by atoms with van der Waals surface area (Å²) >= 11 is 0. The van der Waals surface area contributed by atoms with Crippen LogP contribution in [0.25, 0.3) is 0 Å². The molecule has 0 amide bonds. The number of ether oxygens (including phenoxy) is 1. The lowest BCUT2D eigenvalue weighted by Gasteiger charge is -2.03. The second-order valence-corrected chi connectivity index (χ2v) is 12.8. The van der Waals surface area contributed by atoms with Crippen molar-refractivity contribution in [3.05, 3.63) is 85.1 Å². The molecule has 0 aliphatic rings. The largest absolute Gasteiger partial charge is 0.463 e. The molecule has 0 saturated carbocycles. The fraction of sp³-hybridized carbons (Fsp3) is 0.659. The van der Waals surface area contributed by atoms with E-state index in [-0.39, 0.29) is 5.97 Å². The molecule has 0 aromatic heterocycles. The van der Waals surface area contributed by atoms with Gasteiger partial charge in [0.25, 0.3) is 0 Å². The van der Waals surface area contributed by atoms with Crippen LogP contribution in [0.2, 0.25) is 0 Å². The summed E-state index contributed by atoms with van der Waals surface area (Å²) in [5, 5.41) is 0. The Morgan fingerprint density at radius 3 is 1.13 bits per heavy atom. The predicted molar refractivity (Wildman–Crippen MR) is 206 cm³/mol. The third kappa shape index (κ3) is 39.7. The molecule has 262 valence electrons. The number of carbonyl (C=O) groups excluding carboxylic acids is 1. The van der Waals surface area contributed by atoms with E-state index in [2.05, 4.69) is 44.2 Å². The monoisotopic (exact) mass is 635 g/mol. The summed E-state index contributed by atoms with van der Waals surface area (Å²) in [6, 6.07) is 0. The molecule has 0 heterocycles. The van der Waals surface area contributed by atoms with Crippen LogP contribution in [0.4, 0.5) is 0 Å². The van der Waals surface area contributed by atoms with Crippen LogP contribution < -0.4 is 0 Å². The lowest BCUT2D eigenvalue weighted by atomic mass is 10.1. The number of esters is 1. The van der Waals surface area contributed by atoms with Crippen LogP contribution in [0.3, 0.4) is 0 Å². The van der Waals surface area contributed by atoms with Gasteiger partial charge in [0.15, 0.2) is 0 Å². The van der Waals surface area contributed by atoms with E-state index >= 15 is 0 Å². The van der Waals surface area contributed by atoms with E-state index in [1.54, 1.807) is 6.08 Å². The predicted octanol–water partition coefficient (Wildman–Crippen LogP) is 14.6. The number of unbranched alkanes of at least 4 members (excludes halogenated alkanes) is 23. The number of hydrogen-bond donors (Lipinski definition) is 0. The zero-order valence-corrected chi connectivity index (χ0v) is 30.5. The Kier molecular flexibility index (Phi) is 38.6. The second-order valence-electron chi connectivity index (χ2n) is 12.8. The first kappa shape index (κ1) is 43.6. The average molecular weight is 635 g/mol. The molecule has 0 saturated heterocycles. The highest BCUT2D eigenvalue weighted by Gasteiger charge is 1.97. The molecule has 0 fully saturated rings. The standard InChI is InChI=1S/C44H74O2/c1-3-5-7-9-11-13-15-17-19-21-23-25-27-29-31-33-35-37-39-41-43-46-44(45)42-40-38-36-34-32-30-28-26-24-22-20-18-16-14-12-10-8-6-4-2/h17,19-20,22,24,26,28,30,32,34,36,38,40,42H,3-16,18,21,23,25,27,29,31,33,35,37,39,41,43H2,1-2H3/b19-17-,22-20?,26-24?,30-28?,34-32?,38-36?,42-40?. The smallest absolute Gasteiger partial charge is 0.330 e. The maximum absolute atomic E-state index is 11.8. The van der Waals surface area contributed by atoms with Gasteiger partial charge in [-0.25, -0.2) is 4.79 Å². The first-order valence-electron chi connectivity index (χ1n) is 19.6. The van der Waals surface area contributed by atoms with Crippen molar-refractivity contribution >= 4 is 5.97 Å². The van der Waals surface area contributed by atoms with Gasteiger partial charge in [0, 0.05) is 6.08 Å². The normalized spacial score (nSPS) is 12.7. The minimum Gasteiger partial charge on any atom is -0.463 e. The summed E-state index contributed by atoms with van der Waals surface area (Å²) in [4.78, 5) is 11.8. The van der Waals surface area contributed by atoms with Crippen LogP contribution in [0, 0.1) is 0 Å². The average Bonchev–Trinajstić information content (AvgIpc) is 3.06. The number of rotatable bonds is 34. The minimum atomic E-state index is -0.257. The summed E-state index contributed by atoms with van der Waals surface area (Å²) < 4.78 is 5.31. The van der Waals surface area contributed by atoms with Crippen LogP contribution in [0.5, 0.6) is 0 Å². The lowest BCUT2D eigenvalue weighted by molar-refractivity contribution is -0.137. The van der Waals surface area contributed by atoms with Gasteiger partial charge in [-0.3, -0.25) is 0 Å². The molecule has 0 aliphatic carbocycles. The zero-order valence-electron chi connectivity index (χ0n) is 30.5. The molecular formula is C44H74O2. The van der Waals surface area contributed by atoms with Crippen LogP contribution in [0.1, 0.15) is 181 Å². The lowest BCUT2D eigenvalue weighted by Crippen LogP contribution is -2.02. The van der Waals surface area contributed by atoms with Crippen molar-refractivity contribution < 1.29 is 9.53 Å². The number of carbonyl (C=O) groups is 1. The van der Waals surface area contributed by atoms with Crippen molar-refractivity contribution in [1.82, 2.24) is 0 Å². The molecule has 0 atom stereocenters. The second kappa shape index (κ2) is 40.7. The zero-order chi connectivity index (χ0) is 33.3. The van der Waals surface area contributed by atoms with Crippen LogP contribution in [0.15, 0.2) is 85.1 Å². The Bertz CT molecular complexity index is 823. The summed E-state index contributed by atoms with van der Waals surface area (Å²) in [7, 11) is 0. The van der Waals surface area contributed by atoms with E-state index < -0.39 is 0 Å². The van der Waals surface area contributed by atoms with Gasteiger partial charge in [-0.05, 0) is 44.9 Å². The van der Waals surface area contributed by atoms with E-state index in [0.717, 1.165) is 12.8 Å². The number of hydrogen-bond acceptors (Lipinski definition) is 2. The SMILES string of the molecule is CCCCCCCC/C=C\CCCCCCCCCCCCOC(=O)C=CC=CC=CC=CC=CC=CCCCCCCCCC. The van der Waals surface area contributed by atoms with Crippen LogP contribution in [-0.2, 0) is 9.53 Å². The first-order valence-corrected chi connectivity index (χ1v) is 19.6. The highest BCUT2D eigenvalue weighted by molar-refractivity contribution is 5.82. The summed E-state index contributed by atoms with van der Waals surface area (Å²) in [5.74, 6) is -0.257. The maximum atomic E-state index is 11.8. The van der Waals surface area contributed by atoms with Crippen molar-refractivity contribution in [2.24, 2.45) is 0 Å². The Morgan fingerprint density at radius 2 is 0.696 bits per heavy atom. The topological polar surface area (TPSA) is 26.3 Å². The molecule has 0 aromatic carbocycles. The summed E-state index contributed by atoms with van der Waals surface area (Å²) in [6.45, 7) is 5.07. The number of allylic oxidation sites excluding steroid dienone is 13. The van der Waals surface area contributed by atoms with Crippen LogP contribution in [-0.4, -0.2) is 12.6 Å². The van der Waals surface area contributed by atoms with Crippen molar-refractivity contribution in [2.75, 3.05) is 6.61 Å². The van der Waals surface area contributed by atoms with Gasteiger partial charge in [0.1, 0.15) is 0 Å². The Morgan fingerprint density at radius 1 is 0.370 bits per heavy atom. The van der Waals surface area contributed by atoms with Gasteiger partial charge in [-0.1, -0.05) is 215 Å². The van der Waals surface area contributed by atoms with Gasteiger partial charge < -0.3 is 4.74 Å². The minimum absolute atomic E-state index is 0.257. The molecule has 0 N–H and O–H groups in total. The van der Waals surface area contributed by atoms with Crippen molar-refractivity contribution in [1.29, 1.82) is 0 Å². The quantitative estimate of drug-likeness (QED) is 0.0231. The molecule has 2 heteroatoms. The highest BCUT2D eigenvalue weighted by atomic mass is 16.5. The maximum Gasteiger partial charge on any atom is 0.330 e. The van der Waals surface area contributed by atoms with Gasteiger partial charge >= 0.3 is 5.97 Å². The fourth-order valence-corrected chi connectivity index (χ4v) is 5.32. The first-order chi connectivity index (χ1) is 22.8. The van der Waals surface area contributed by atoms with Crippen molar-refractivity contribution in [2.45, 2.75) is 181 Å². The molecule has 0 rings (SSSR count). The summed E-state index contributed by atoms with van der Waals surface area (Å²) in [6.07, 6.45) is 62.7. The molecule has 0 bridgehead atoms. The molecule has 2 nitrogen and oxygen atoms in total. The van der Waals surface area contributed by atoms with E-state index in [4.69, 9.17) is 4.74 Å². The van der Waals surface area contributed by atoms with Crippen molar-refractivity contribution in [3.8, 4) is 0 Å². The van der Waals surface area contributed by atoms with Gasteiger partial charge in [-0.15, -0.1) is 0 Å². The Labute approximate surface area is 287 Å². The van der Waals surface area contributed by atoms with Gasteiger partial charge in [0.2, 0.25) is 0 Å².